The van der Waals surface area contributed by atoms with E-state index < -0.39 is 30.0 Å². The van der Waals surface area contributed by atoms with E-state index in [9.17, 15) is 16.8 Å². The highest BCUT2D eigenvalue weighted by molar-refractivity contribution is 8.05. The largest absolute Gasteiger partial charge is 0.497 e. The molecule has 1 aromatic rings. The van der Waals surface area contributed by atoms with E-state index in [1.807, 2.05) is 0 Å². The Hall–Kier alpha value is -1.56. The first-order chi connectivity index (χ1) is 10.1. The Balaban J connectivity index is 3.81. The predicted molar refractivity (Wildman–Crippen MR) is 79.1 cm³/mol. The lowest BCUT2D eigenvalue weighted by Crippen LogP contribution is -2.36. The molecule has 0 heterocycles. The van der Waals surface area contributed by atoms with Crippen LogP contribution in [0.15, 0.2) is 12.1 Å². The number of hydrogen-bond acceptors (Lipinski definition) is 6. The topological polar surface area (TPSA) is 130 Å². The van der Waals surface area contributed by atoms with Crippen molar-refractivity contribution in [2.75, 3.05) is 17.9 Å². The maximum Gasteiger partial charge on any atom is 0.375 e. The third-order valence-electron chi connectivity index (χ3n) is 2.73. The lowest BCUT2D eigenvalue weighted by Gasteiger charge is -2.22. The predicted octanol–water partition coefficient (Wildman–Crippen LogP) is 1.07. The van der Waals surface area contributed by atoms with Crippen molar-refractivity contribution in [3.05, 3.63) is 17.7 Å². The highest BCUT2D eigenvalue weighted by Gasteiger charge is 2.34. The summed E-state index contributed by atoms with van der Waals surface area (Å²) >= 11 is 0. The zero-order valence-electron chi connectivity index (χ0n) is 12.2. The van der Waals surface area contributed by atoms with Crippen LogP contribution in [0.1, 0.15) is 18.9 Å². The van der Waals surface area contributed by atoms with Crippen molar-refractivity contribution in [1.29, 1.82) is 0 Å². The maximum absolute atomic E-state index is 11.4. The smallest absolute Gasteiger partial charge is 0.375 e. The molecular formula is C11H17NO8S2. The summed E-state index contributed by atoms with van der Waals surface area (Å²) < 4.78 is 73.5. The Morgan fingerprint density at radius 2 is 1.59 bits per heavy atom. The highest BCUT2D eigenvalue weighted by Crippen LogP contribution is 2.37. The van der Waals surface area contributed by atoms with E-state index in [0.717, 1.165) is 6.07 Å². The summed E-state index contributed by atoms with van der Waals surface area (Å²) in [5.74, 6) is 0.248. The number of anilines is 1. The zero-order chi connectivity index (χ0) is 17.1. The number of nitrogens with zero attached hydrogens (tertiary/aromatic N) is 1. The van der Waals surface area contributed by atoms with Crippen LogP contribution in [0.3, 0.4) is 0 Å². The van der Waals surface area contributed by atoms with E-state index in [4.69, 9.17) is 18.6 Å². The average Bonchev–Trinajstić information content (AvgIpc) is 2.37. The molecule has 0 spiro atoms. The van der Waals surface area contributed by atoms with E-state index >= 15 is 0 Å². The van der Waals surface area contributed by atoms with Crippen molar-refractivity contribution in [3.63, 3.8) is 0 Å². The van der Waals surface area contributed by atoms with Gasteiger partial charge in [0.1, 0.15) is 11.5 Å². The number of ether oxygens (including phenoxy) is 2. The standard InChI is InChI=1S/C11H17NO8S2/c1-4-5-9-10(6-8(19-2)7-11(9)20-3)12(21(13,14)15)22(16,17)18/h6-7H,4-5H2,1-3H3,(H,13,14,15)(H,16,17,18). The maximum atomic E-state index is 11.4. The first-order valence-corrected chi connectivity index (χ1v) is 8.85. The van der Waals surface area contributed by atoms with Gasteiger partial charge in [0.2, 0.25) is 0 Å². The van der Waals surface area contributed by atoms with Crippen LogP contribution in [0.25, 0.3) is 0 Å². The van der Waals surface area contributed by atoms with Crippen LogP contribution in [0, 0.1) is 0 Å². The molecule has 0 saturated carbocycles. The molecule has 0 aliphatic heterocycles. The van der Waals surface area contributed by atoms with Gasteiger partial charge in [0, 0.05) is 17.7 Å². The molecule has 0 bridgehead atoms. The molecule has 126 valence electrons. The minimum atomic E-state index is -5.28. The van der Waals surface area contributed by atoms with Gasteiger partial charge in [0.05, 0.1) is 19.9 Å². The molecule has 22 heavy (non-hydrogen) atoms. The van der Waals surface area contributed by atoms with Crippen LogP contribution in [0.4, 0.5) is 5.69 Å². The molecule has 0 radical (unpaired) electrons. The summed E-state index contributed by atoms with van der Waals surface area (Å²) in [7, 11) is -7.97. The van der Waals surface area contributed by atoms with Crippen LogP contribution in [-0.2, 0) is 27.0 Å². The van der Waals surface area contributed by atoms with Crippen LogP contribution in [0.2, 0.25) is 0 Å². The van der Waals surface area contributed by atoms with Gasteiger partial charge >= 0.3 is 20.6 Å². The van der Waals surface area contributed by atoms with E-state index in [2.05, 4.69) is 0 Å². The Morgan fingerprint density at radius 1 is 1.05 bits per heavy atom. The molecule has 0 aliphatic rings. The van der Waals surface area contributed by atoms with Gasteiger partial charge in [-0.25, -0.2) is 0 Å². The van der Waals surface area contributed by atoms with Gasteiger partial charge in [-0.1, -0.05) is 13.3 Å². The van der Waals surface area contributed by atoms with Gasteiger partial charge in [-0.15, -0.1) is 3.71 Å². The molecule has 9 nitrogen and oxygen atoms in total. The molecule has 0 saturated heterocycles. The van der Waals surface area contributed by atoms with E-state index in [0.29, 0.717) is 6.42 Å². The van der Waals surface area contributed by atoms with Crippen LogP contribution >= 0.6 is 0 Å². The Morgan fingerprint density at radius 3 is 1.95 bits per heavy atom. The third kappa shape index (κ3) is 4.00. The lowest BCUT2D eigenvalue weighted by molar-refractivity contribution is 0.391. The van der Waals surface area contributed by atoms with Crippen molar-refractivity contribution in [1.82, 2.24) is 0 Å². The summed E-state index contributed by atoms with van der Waals surface area (Å²) in [6.45, 7) is 1.78. The second kappa shape index (κ2) is 6.69. The quantitative estimate of drug-likeness (QED) is 0.695. The third-order valence-corrected chi connectivity index (χ3v) is 5.09. The fourth-order valence-electron chi connectivity index (χ4n) is 1.94. The fraction of sp³-hybridized carbons (Fsp3) is 0.455. The fourth-order valence-corrected chi connectivity index (χ4v) is 3.71. The van der Waals surface area contributed by atoms with Gasteiger partial charge in [0.15, 0.2) is 0 Å². The first kappa shape index (κ1) is 18.5. The summed E-state index contributed by atoms with van der Waals surface area (Å²) in [5, 5.41) is 0. The molecule has 0 amide bonds. The number of hydrogen-bond donors (Lipinski definition) is 2. The summed E-state index contributed by atoms with van der Waals surface area (Å²) in [4.78, 5) is 0. The van der Waals surface area contributed by atoms with Crippen molar-refractivity contribution in [2.45, 2.75) is 19.8 Å². The van der Waals surface area contributed by atoms with Gasteiger partial charge < -0.3 is 9.47 Å². The number of methoxy groups -OCH3 is 2. The highest BCUT2D eigenvalue weighted by atomic mass is 32.3. The van der Waals surface area contributed by atoms with Gasteiger partial charge in [-0.3, -0.25) is 9.11 Å². The Kier molecular flexibility index (Phi) is 5.62. The molecule has 1 rings (SSSR count). The SMILES string of the molecule is CCCc1c(OC)cc(OC)cc1N(S(=O)(=O)O)S(=O)(=O)O. The Bertz CT molecular complexity index is 710. The summed E-state index contributed by atoms with van der Waals surface area (Å²) in [6, 6.07) is 2.50. The van der Waals surface area contributed by atoms with Crippen molar-refractivity contribution < 1.29 is 35.4 Å². The number of rotatable bonds is 7. The van der Waals surface area contributed by atoms with Gasteiger partial charge in [-0.2, -0.15) is 16.8 Å². The Labute approximate surface area is 129 Å². The first-order valence-electron chi connectivity index (χ1n) is 6.06. The minimum absolute atomic E-state index is 0.0870. The molecule has 0 aromatic heterocycles. The summed E-state index contributed by atoms with van der Waals surface area (Å²) in [6.07, 6.45) is 0.768. The molecular weight excluding hydrogens is 338 g/mol. The van der Waals surface area contributed by atoms with Gasteiger partial charge in [-0.05, 0) is 6.42 Å². The second-order valence-corrected chi connectivity index (χ2v) is 6.98. The monoisotopic (exact) mass is 355 g/mol. The zero-order valence-corrected chi connectivity index (χ0v) is 13.8. The molecule has 0 unspecified atom stereocenters. The van der Waals surface area contributed by atoms with Crippen LogP contribution in [-0.4, -0.2) is 40.2 Å². The van der Waals surface area contributed by atoms with Crippen molar-refractivity contribution in [2.24, 2.45) is 0 Å². The molecule has 0 atom stereocenters. The van der Waals surface area contributed by atoms with Crippen molar-refractivity contribution in [3.8, 4) is 11.5 Å². The molecule has 1 aromatic carbocycles. The normalized spacial score (nSPS) is 12.0. The van der Waals surface area contributed by atoms with E-state index in [1.54, 1.807) is 6.92 Å². The van der Waals surface area contributed by atoms with Crippen LogP contribution < -0.4 is 13.2 Å². The lowest BCUT2D eigenvalue weighted by atomic mass is 10.1. The molecule has 0 aliphatic carbocycles. The van der Waals surface area contributed by atoms with Crippen LogP contribution in [0.5, 0.6) is 11.5 Å². The summed E-state index contributed by atoms with van der Waals surface area (Å²) in [5.41, 5.74) is -0.288. The molecule has 11 heteroatoms. The number of benzene rings is 1. The van der Waals surface area contributed by atoms with E-state index in [-0.39, 0.29) is 23.5 Å². The molecule has 2 N–H and O–H groups in total. The second-order valence-electron chi connectivity index (χ2n) is 4.23. The minimum Gasteiger partial charge on any atom is -0.497 e. The molecule has 0 fully saturated rings. The van der Waals surface area contributed by atoms with Crippen molar-refractivity contribution >= 4 is 26.3 Å². The van der Waals surface area contributed by atoms with Gasteiger partial charge in [0.25, 0.3) is 0 Å². The van der Waals surface area contributed by atoms with E-state index in [1.165, 1.54) is 20.3 Å². The average molecular weight is 355 g/mol.